The molecule has 0 aliphatic carbocycles. The SMILES string of the molecule is COc1ccc(CN2CCCn3cccc3C2c2c(C)cc(C)cc2C)cc1OC. The lowest BCUT2D eigenvalue weighted by Gasteiger charge is -2.33. The second kappa shape index (κ2) is 8.57. The van der Waals surface area contributed by atoms with Gasteiger partial charge in [0.1, 0.15) is 0 Å². The molecule has 0 bridgehead atoms. The van der Waals surface area contributed by atoms with Crippen LogP contribution in [0.15, 0.2) is 48.7 Å². The van der Waals surface area contributed by atoms with E-state index in [9.17, 15) is 0 Å². The maximum Gasteiger partial charge on any atom is 0.161 e. The van der Waals surface area contributed by atoms with Crippen LogP contribution in [0.1, 0.15) is 46.0 Å². The van der Waals surface area contributed by atoms with Crippen LogP contribution >= 0.6 is 0 Å². The van der Waals surface area contributed by atoms with E-state index in [0.29, 0.717) is 0 Å². The van der Waals surface area contributed by atoms with E-state index >= 15 is 0 Å². The predicted octanol–water partition coefficient (Wildman–Crippen LogP) is 5.43. The van der Waals surface area contributed by atoms with E-state index < -0.39 is 0 Å². The van der Waals surface area contributed by atoms with Crippen LogP contribution in [0.5, 0.6) is 11.5 Å². The van der Waals surface area contributed by atoms with Gasteiger partial charge in [-0.3, -0.25) is 4.90 Å². The molecule has 0 spiro atoms. The third-order valence-corrected chi connectivity index (χ3v) is 6.20. The number of aryl methyl sites for hydroxylation is 4. The molecule has 0 amide bonds. The second-order valence-corrected chi connectivity index (χ2v) is 8.35. The fraction of sp³-hybridized carbons (Fsp3) is 0.385. The van der Waals surface area contributed by atoms with E-state index in [0.717, 1.165) is 37.6 Å². The molecule has 30 heavy (non-hydrogen) atoms. The highest BCUT2D eigenvalue weighted by molar-refractivity contribution is 5.45. The highest BCUT2D eigenvalue weighted by Crippen LogP contribution is 2.37. The summed E-state index contributed by atoms with van der Waals surface area (Å²) in [6, 6.07) is 15.6. The number of hydrogen-bond acceptors (Lipinski definition) is 3. The highest BCUT2D eigenvalue weighted by Gasteiger charge is 2.30. The number of methoxy groups -OCH3 is 2. The van der Waals surface area contributed by atoms with Crippen LogP contribution in [0.25, 0.3) is 0 Å². The molecule has 1 aliphatic heterocycles. The molecule has 1 aromatic heterocycles. The third-order valence-electron chi connectivity index (χ3n) is 6.20. The Bertz CT molecular complexity index is 1010. The Balaban J connectivity index is 1.78. The Labute approximate surface area is 180 Å². The summed E-state index contributed by atoms with van der Waals surface area (Å²) >= 11 is 0. The van der Waals surface area contributed by atoms with Crippen molar-refractivity contribution >= 4 is 0 Å². The van der Waals surface area contributed by atoms with Gasteiger partial charge in [0.25, 0.3) is 0 Å². The lowest BCUT2D eigenvalue weighted by atomic mass is 9.91. The van der Waals surface area contributed by atoms with E-state index in [1.807, 2.05) is 6.07 Å². The summed E-state index contributed by atoms with van der Waals surface area (Å²) in [5, 5.41) is 0. The van der Waals surface area contributed by atoms with Crippen LogP contribution in [0, 0.1) is 20.8 Å². The third kappa shape index (κ3) is 3.84. The van der Waals surface area contributed by atoms with Crippen LogP contribution in [0.2, 0.25) is 0 Å². The Morgan fingerprint density at radius 1 is 0.900 bits per heavy atom. The number of ether oxygens (including phenoxy) is 2. The smallest absolute Gasteiger partial charge is 0.161 e. The fourth-order valence-corrected chi connectivity index (χ4v) is 4.98. The van der Waals surface area contributed by atoms with E-state index in [-0.39, 0.29) is 6.04 Å². The maximum absolute atomic E-state index is 5.55. The van der Waals surface area contributed by atoms with E-state index in [4.69, 9.17) is 9.47 Å². The minimum atomic E-state index is 0.233. The molecule has 3 aromatic rings. The van der Waals surface area contributed by atoms with Crippen molar-refractivity contribution < 1.29 is 9.47 Å². The predicted molar refractivity (Wildman–Crippen MR) is 122 cm³/mol. The van der Waals surface area contributed by atoms with Gasteiger partial charge in [-0.25, -0.2) is 0 Å². The van der Waals surface area contributed by atoms with Gasteiger partial charge in [0, 0.05) is 31.5 Å². The zero-order chi connectivity index (χ0) is 21.3. The minimum Gasteiger partial charge on any atom is -0.493 e. The first-order chi connectivity index (χ1) is 14.5. The lowest BCUT2D eigenvalue weighted by Crippen LogP contribution is -2.30. The molecule has 4 nitrogen and oxygen atoms in total. The van der Waals surface area contributed by atoms with Crippen LogP contribution in [-0.2, 0) is 13.1 Å². The molecule has 2 heterocycles. The quantitative estimate of drug-likeness (QED) is 0.568. The van der Waals surface area contributed by atoms with Gasteiger partial charge in [-0.05, 0) is 73.7 Å². The van der Waals surface area contributed by atoms with Crippen LogP contribution < -0.4 is 9.47 Å². The number of aromatic nitrogens is 1. The summed E-state index contributed by atoms with van der Waals surface area (Å²) in [6.45, 7) is 9.66. The first kappa shape index (κ1) is 20.5. The van der Waals surface area contributed by atoms with Crippen molar-refractivity contribution in [1.29, 1.82) is 0 Å². The molecule has 1 atom stereocenters. The molecular formula is C26H32N2O2. The molecular weight excluding hydrogens is 372 g/mol. The highest BCUT2D eigenvalue weighted by atomic mass is 16.5. The van der Waals surface area contributed by atoms with Gasteiger partial charge in [-0.2, -0.15) is 0 Å². The molecule has 2 aromatic carbocycles. The van der Waals surface area contributed by atoms with Gasteiger partial charge < -0.3 is 14.0 Å². The van der Waals surface area contributed by atoms with Crippen molar-refractivity contribution in [2.75, 3.05) is 20.8 Å². The van der Waals surface area contributed by atoms with Crippen LogP contribution in [0.4, 0.5) is 0 Å². The van der Waals surface area contributed by atoms with Crippen LogP contribution in [0.3, 0.4) is 0 Å². The monoisotopic (exact) mass is 404 g/mol. The molecule has 0 saturated heterocycles. The summed E-state index contributed by atoms with van der Waals surface area (Å²) in [5.41, 5.74) is 8.10. The van der Waals surface area contributed by atoms with E-state index in [1.54, 1.807) is 14.2 Å². The van der Waals surface area contributed by atoms with Gasteiger partial charge in [-0.15, -0.1) is 0 Å². The molecule has 0 fully saturated rings. The average molecular weight is 405 g/mol. The van der Waals surface area contributed by atoms with Crippen molar-refractivity contribution in [3.8, 4) is 11.5 Å². The van der Waals surface area contributed by atoms with E-state index in [1.165, 1.54) is 33.5 Å². The van der Waals surface area contributed by atoms with Crippen molar-refractivity contribution in [3.05, 3.63) is 82.2 Å². The molecule has 0 saturated carbocycles. The minimum absolute atomic E-state index is 0.233. The first-order valence-corrected chi connectivity index (χ1v) is 10.7. The Kier molecular flexibility index (Phi) is 5.87. The zero-order valence-corrected chi connectivity index (χ0v) is 18.7. The topological polar surface area (TPSA) is 26.6 Å². The zero-order valence-electron chi connectivity index (χ0n) is 18.7. The number of fused-ring (bicyclic) bond motifs is 1. The molecule has 158 valence electrons. The summed E-state index contributed by atoms with van der Waals surface area (Å²) in [7, 11) is 3.38. The Morgan fingerprint density at radius 3 is 2.33 bits per heavy atom. The molecule has 0 radical (unpaired) electrons. The van der Waals surface area contributed by atoms with Crippen molar-refractivity contribution in [2.45, 2.75) is 46.3 Å². The van der Waals surface area contributed by atoms with Gasteiger partial charge in [0.05, 0.1) is 20.3 Å². The number of nitrogens with zero attached hydrogens (tertiary/aromatic N) is 2. The van der Waals surface area contributed by atoms with Crippen molar-refractivity contribution in [2.24, 2.45) is 0 Å². The molecule has 0 N–H and O–H groups in total. The maximum atomic E-state index is 5.55. The molecule has 4 heteroatoms. The standard InChI is InChI=1S/C26H32N2O2/c1-18-14-19(2)25(20(3)15-18)26-22-8-6-11-27(22)12-7-13-28(26)17-21-9-10-23(29-4)24(16-21)30-5/h6,8-11,14-16,26H,7,12-13,17H2,1-5H3. The molecule has 4 rings (SSSR count). The Morgan fingerprint density at radius 2 is 1.63 bits per heavy atom. The van der Waals surface area contributed by atoms with Gasteiger partial charge >= 0.3 is 0 Å². The van der Waals surface area contributed by atoms with Gasteiger partial charge in [0.2, 0.25) is 0 Å². The lowest BCUT2D eigenvalue weighted by molar-refractivity contribution is 0.219. The normalized spacial score (nSPS) is 16.8. The van der Waals surface area contributed by atoms with Crippen molar-refractivity contribution in [3.63, 3.8) is 0 Å². The number of benzene rings is 2. The largest absolute Gasteiger partial charge is 0.493 e. The first-order valence-electron chi connectivity index (χ1n) is 10.7. The van der Waals surface area contributed by atoms with E-state index in [2.05, 4.69) is 72.8 Å². The number of rotatable bonds is 5. The van der Waals surface area contributed by atoms with Gasteiger partial charge in [0.15, 0.2) is 11.5 Å². The summed E-state index contributed by atoms with van der Waals surface area (Å²) in [6.07, 6.45) is 3.36. The molecule has 1 unspecified atom stereocenters. The average Bonchev–Trinajstić information content (AvgIpc) is 3.11. The second-order valence-electron chi connectivity index (χ2n) is 8.35. The molecule has 1 aliphatic rings. The fourth-order valence-electron chi connectivity index (χ4n) is 4.98. The summed E-state index contributed by atoms with van der Waals surface area (Å²) < 4.78 is 13.4. The van der Waals surface area contributed by atoms with Crippen molar-refractivity contribution in [1.82, 2.24) is 9.47 Å². The number of hydrogen-bond donors (Lipinski definition) is 0. The Hall–Kier alpha value is -2.72. The van der Waals surface area contributed by atoms with Gasteiger partial charge in [-0.1, -0.05) is 23.8 Å². The van der Waals surface area contributed by atoms with Crippen LogP contribution in [-0.4, -0.2) is 30.2 Å². The summed E-state index contributed by atoms with van der Waals surface area (Å²) in [4.78, 5) is 2.62. The summed E-state index contributed by atoms with van der Waals surface area (Å²) in [5.74, 6) is 1.56.